The number of carbonyl (C=O) groups excluding carboxylic acids is 1. The van der Waals surface area contributed by atoms with Gasteiger partial charge in [-0.3, -0.25) is 9.69 Å². The van der Waals surface area contributed by atoms with Crippen molar-refractivity contribution in [2.45, 2.75) is 13.2 Å². The SMILES string of the molecule is O=C(CN1CCNCC1)NCc1ccc(CO)cc1. The van der Waals surface area contributed by atoms with Gasteiger partial charge in [-0.15, -0.1) is 0 Å². The summed E-state index contributed by atoms with van der Waals surface area (Å²) in [7, 11) is 0. The van der Waals surface area contributed by atoms with Gasteiger partial charge in [0.15, 0.2) is 0 Å². The monoisotopic (exact) mass is 263 g/mol. The molecule has 0 atom stereocenters. The van der Waals surface area contributed by atoms with E-state index in [0.717, 1.165) is 37.3 Å². The molecule has 2 rings (SSSR count). The van der Waals surface area contributed by atoms with Crippen LogP contribution in [0, 0.1) is 0 Å². The lowest BCUT2D eigenvalue weighted by molar-refractivity contribution is -0.122. The Morgan fingerprint density at radius 2 is 1.84 bits per heavy atom. The minimum Gasteiger partial charge on any atom is -0.392 e. The Morgan fingerprint density at radius 1 is 1.21 bits per heavy atom. The summed E-state index contributed by atoms with van der Waals surface area (Å²) in [4.78, 5) is 13.9. The molecule has 1 amide bonds. The molecular formula is C14H21N3O2. The van der Waals surface area contributed by atoms with Gasteiger partial charge < -0.3 is 15.7 Å². The zero-order chi connectivity index (χ0) is 13.5. The molecule has 1 aliphatic rings. The van der Waals surface area contributed by atoms with Crippen molar-refractivity contribution in [3.8, 4) is 0 Å². The van der Waals surface area contributed by atoms with Gasteiger partial charge in [0.05, 0.1) is 13.2 Å². The highest BCUT2D eigenvalue weighted by Gasteiger charge is 2.12. The number of nitrogens with zero attached hydrogens (tertiary/aromatic N) is 1. The van der Waals surface area contributed by atoms with Crippen LogP contribution in [0.15, 0.2) is 24.3 Å². The number of aliphatic hydroxyl groups excluding tert-OH is 1. The fourth-order valence-corrected chi connectivity index (χ4v) is 2.09. The topological polar surface area (TPSA) is 64.6 Å². The maximum Gasteiger partial charge on any atom is 0.234 e. The zero-order valence-corrected chi connectivity index (χ0v) is 11.1. The van der Waals surface area contributed by atoms with Crippen molar-refractivity contribution in [1.82, 2.24) is 15.5 Å². The molecule has 1 aromatic carbocycles. The molecule has 0 spiro atoms. The Balaban J connectivity index is 1.72. The quantitative estimate of drug-likeness (QED) is 0.682. The number of piperazine rings is 1. The molecular weight excluding hydrogens is 242 g/mol. The predicted octanol–water partition coefficient (Wildman–Crippen LogP) is -0.300. The summed E-state index contributed by atoms with van der Waals surface area (Å²) >= 11 is 0. The summed E-state index contributed by atoms with van der Waals surface area (Å²) in [5.74, 6) is 0.0631. The Hall–Kier alpha value is -1.43. The second-order valence-corrected chi connectivity index (χ2v) is 4.78. The molecule has 104 valence electrons. The number of rotatable bonds is 5. The van der Waals surface area contributed by atoms with Crippen molar-refractivity contribution in [2.75, 3.05) is 32.7 Å². The summed E-state index contributed by atoms with van der Waals surface area (Å²) in [5.41, 5.74) is 1.93. The van der Waals surface area contributed by atoms with Gasteiger partial charge >= 0.3 is 0 Å². The third-order valence-electron chi connectivity index (χ3n) is 3.27. The molecule has 0 aromatic heterocycles. The lowest BCUT2D eigenvalue weighted by Crippen LogP contribution is -2.47. The molecule has 0 bridgehead atoms. The summed E-state index contributed by atoms with van der Waals surface area (Å²) in [5, 5.41) is 15.1. The normalized spacial score (nSPS) is 16.3. The first-order valence-electron chi connectivity index (χ1n) is 6.66. The zero-order valence-electron chi connectivity index (χ0n) is 11.1. The molecule has 5 nitrogen and oxygen atoms in total. The van der Waals surface area contributed by atoms with E-state index in [4.69, 9.17) is 5.11 Å². The number of carbonyl (C=O) groups is 1. The van der Waals surface area contributed by atoms with Crippen LogP contribution in [0.2, 0.25) is 0 Å². The van der Waals surface area contributed by atoms with Crippen molar-refractivity contribution in [2.24, 2.45) is 0 Å². The Kier molecular flexibility index (Phi) is 5.32. The van der Waals surface area contributed by atoms with Gasteiger partial charge in [0.1, 0.15) is 0 Å². The first-order chi connectivity index (χ1) is 9.28. The second kappa shape index (κ2) is 7.23. The van der Waals surface area contributed by atoms with E-state index < -0.39 is 0 Å². The van der Waals surface area contributed by atoms with Gasteiger partial charge in [-0.1, -0.05) is 24.3 Å². The highest BCUT2D eigenvalue weighted by Crippen LogP contribution is 2.04. The van der Waals surface area contributed by atoms with Crippen molar-refractivity contribution >= 4 is 5.91 Å². The molecule has 3 N–H and O–H groups in total. The molecule has 0 aliphatic carbocycles. The molecule has 1 aromatic rings. The van der Waals surface area contributed by atoms with Crippen molar-refractivity contribution < 1.29 is 9.90 Å². The first kappa shape index (κ1) is 14.0. The minimum atomic E-state index is 0.0512. The number of hydrogen-bond donors (Lipinski definition) is 3. The van der Waals surface area contributed by atoms with Gasteiger partial charge in [0, 0.05) is 32.7 Å². The van der Waals surface area contributed by atoms with Crippen LogP contribution in [0.25, 0.3) is 0 Å². The highest BCUT2D eigenvalue weighted by molar-refractivity contribution is 5.78. The lowest BCUT2D eigenvalue weighted by Gasteiger charge is -2.26. The van der Waals surface area contributed by atoms with Crippen LogP contribution >= 0.6 is 0 Å². The molecule has 1 heterocycles. The van der Waals surface area contributed by atoms with E-state index in [1.807, 2.05) is 24.3 Å². The van der Waals surface area contributed by atoms with E-state index in [2.05, 4.69) is 15.5 Å². The fourth-order valence-electron chi connectivity index (χ4n) is 2.09. The molecule has 1 saturated heterocycles. The summed E-state index contributed by atoms with van der Waals surface area (Å²) in [6.45, 7) is 4.83. The van der Waals surface area contributed by atoms with E-state index in [1.165, 1.54) is 0 Å². The summed E-state index contributed by atoms with van der Waals surface area (Å²) in [6.07, 6.45) is 0. The van der Waals surface area contributed by atoms with E-state index in [-0.39, 0.29) is 12.5 Å². The third-order valence-corrected chi connectivity index (χ3v) is 3.27. The van der Waals surface area contributed by atoms with Gasteiger partial charge in [0.25, 0.3) is 0 Å². The van der Waals surface area contributed by atoms with Gasteiger partial charge in [-0.25, -0.2) is 0 Å². The molecule has 0 radical (unpaired) electrons. The van der Waals surface area contributed by atoms with Crippen molar-refractivity contribution in [1.29, 1.82) is 0 Å². The summed E-state index contributed by atoms with van der Waals surface area (Å²) < 4.78 is 0. The van der Waals surface area contributed by atoms with E-state index >= 15 is 0 Å². The van der Waals surface area contributed by atoms with Gasteiger partial charge in [-0.2, -0.15) is 0 Å². The average molecular weight is 263 g/mol. The maximum absolute atomic E-state index is 11.8. The Bertz CT molecular complexity index is 400. The smallest absolute Gasteiger partial charge is 0.234 e. The number of amides is 1. The van der Waals surface area contributed by atoms with Crippen LogP contribution in [-0.2, 0) is 17.9 Å². The van der Waals surface area contributed by atoms with Crippen LogP contribution in [0.5, 0.6) is 0 Å². The average Bonchev–Trinajstić information content (AvgIpc) is 2.47. The molecule has 0 saturated carbocycles. The number of benzene rings is 1. The second-order valence-electron chi connectivity index (χ2n) is 4.78. The third kappa shape index (κ3) is 4.63. The minimum absolute atomic E-state index is 0.0512. The Labute approximate surface area is 113 Å². The van der Waals surface area contributed by atoms with E-state index in [1.54, 1.807) is 0 Å². The van der Waals surface area contributed by atoms with Crippen molar-refractivity contribution in [3.63, 3.8) is 0 Å². The highest BCUT2D eigenvalue weighted by atomic mass is 16.3. The van der Waals surface area contributed by atoms with Gasteiger partial charge in [-0.05, 0) is 11.1 Å². The van der Waals surface area contributed by atoms with Crippen LogP contribution in [-0.4, -0.2) is 48.6 Å². The van der Waals surface area contributed by atoms with Crippen LogP contribution in [0.3, 0.4) is 0 Å². The lowest BCUT2D eigenvalue weighted by atomic mass is 10.1. The number of nitrogens with one attached hydrogen (secondary N) is 2. The van der Waals surface area contributed by atoms with Crippen LogP contribution in [0.4, 0.5) is 0 Å². The first-order valence-corrected chi connectivity index (χ1v) is 6.66. The van der Waals surface area contributed by atoms with E-state index in [0.29, 0.717) is 13.1 Å². The number of hydrogen-bond acceptors (Lipinski definition) is 4. The van der Waals surface area contributed by atoms with Crippen LogP contribution < -0.4 is 10.6 Å². The predicted molar refractivity (Wildman–Crippen MR) is 73.5 cm³/mol. The number of aliphatic hydroxyl groups is 1. The molecule has 19 heavy (non-hydrogen) atoms. The van der Waals surface area contributed by atoms with Crippen LogP contribution in [0.1, 0.15) is 11.1 Å². The van der Waals surface area contributed by atoms with Gasteiger partial charge in [0.2, 0.25) is 5.91 Å². The van der Waals surface area contributed by atoms with Crippen molar-refractivity contribution in [3.05, 3.63) is 35.4 Å². The maximum atomic E-state index is 11.8. The molecule has 1 fully saturated rings. The largest absolute Gasteiger partial charge is 0.392 e. The Morgan fingerprint density at radius 3 is 2.47 bits per heavy atom. The molecule has 5 heteroatoms. The molecule has 1 aliphatic heterocycles. The summed E-state index contributed by atoms with van der Waals surface area (Å²) in [6, 6.07) is 7.60. The standard InChI is InChI=1S/C14H21N3O2/c18-11-13-3-1-12(2-4-13)9-16-14(19)10-17-7-5-15-6-8-17/h1-4,15,18H,5-11H2,(H,16,19). The fraction of sp³-hybridized carbons (Fsp3) is 0.500. The van der Waals surface area contributed by atoms with E-state index in [9.17, 15) is 4.79 Å². The molecule has 0 unspecified atom stereocenters.